The van der Waals surface area contributed by atoms with Gasteiger partial charge in [0, 0.05) is 36.9 Å². The minimum absolute atomic E-state index is 0.0228. The lowest BCUT2D eigenvalue weighted by atomic mass is 10.2. The maximum Gasteiger partial charge on any atom is 0.272 e. The number of H-pyrrole nitrogens is 1. The highest BCUT2D eigenvalue weighted by atomic mass is 16.5. The van der Waals surface area contributed by atoms with E-state index in [2.05, 4.69) is 30.4 Å². The van der Waals surface area contributed by atoms with Crippen LogP contribution in [-0.2, 0) is 0 Å². The topological polar surface area (TPSA) is 96.0 Å². The average molecular weight is 338 g/mol. The number of aromatic nitrogens is 4. The van der Waals surface area contributed by atoms with Gasteiger partial charge in [-0.1, -0.05) is 18.2 Å². The molecule has 0 aliphatic carbocycles. The summed E-state index contributed by atoms with van der Waals surface area (Å²) in [6.45, 7) is 1.43. The molecular weight excluding hydrogens is 320 g/mol. The number of anilines is 1. The molecule has 4 rings (SSSR count). The molecule has 128 valence electrons. The summed E-state index contributed by atoms with van der Waals surface area (Å²) < 4.78 is 5.26. The molecule has 0 saturated carbocycles. The van der Waals surface area contributed by atoms with E-state index in [0.29, 0.717) is 23.9 Å². The zero-order valence-electron chi connectivity index (χ0n) is 13.8. The number of para-hydroxylation sites is 1. The van der Waals surface area contributed by atoms with Crippen molar-refractivity contribution >= 4 is 22.6 Å². The fourth-order valence-corrected chi connectivity index (χ4v) is 3.14. The highest BCUT2D eigenvalue weighted by Gasteiger charge is 2.28. The summed E-state index contributed by atoms with van der Waals surface area (Å²) in [7, 11) is 1.57. The number of methoxy groups -OCH3 is 1. The van der Waals surface area contributed by atoms with Crippen LogP contribution in [0.1, 0.15) is 16.9 Å². The second-order valence-electron chi connectivity index (χ2n) is 5.91. The van der Waals surface area contributed by atoms with Crippen LogP contribution in [0.5, 0.6) is 5.88 Å². The Labute approximate surface area is 144 Å². The molecule has 1 unspecified atom stereocenters. The van der Waals surface area contributed by atoms with Crippen LogP contribution in [0.2, 0.25) is 0 Å². The van der Waals surface area contributed by atoms with E-state index in [4.69, 9.17) is 4.74 Å². The SMILES string of the molecule is COc1nccnc1N1CCC(NC(=O)c2n[nH]c3ccccc23)C1. The molecule has 1 atom stereocenters. The van der Waals surface area contributed by atoms with Crippen LogP contribution < -0.4 is 15.0 Å². The molecule has 8 nitrogen and oxygen atoms in total. The van der Waals surface area contributed by atoms with Gasteiger partial charge in [-0.3, -0.25) is 9.89 Å². The molecule has 2 aromatic heterocycles. The van der Waals surface area contributed by atoms with Gasteiger partial charge in [-0.25, -0.2) is 9.97 Å². The maximum atomic E-state index is 12.6. The monoisotopic (exact) mass is 338 g/mol. The van der Waals surface area contributed by atoms with E-state index >= 15 is 0 Å². The first-order valence-corrected chi connectivity index (χ1v) is 8.10. The molecule has 0 radical (unpaired) electrons. The van der Waals surface area contributed by atoms with Gasteiger partial charge in [0.1, 0.15) is 0 Å². The Hall–Kier alpha value is -3.16. The molecule has 3 heterocycles. The van der Waals surface area contributed by atoms with E-state index in [1.807, 2.05) is 24.3 Å². The number of nitrogens with one attached hydrogen (secondary N) is 2. The van der Waals surface area contributed by atoms with Crippen molar-refractivity contribution in [2.24, 2.45) is 0 Å². The van der Waals surface area contributed by atoms with Crippen molar-refractivity contribution in [2.75, 3.05) is 25.1 Å². The van der Waals surface area contributed by atoms with Gasteiger partial charge in [0.2, 0.25) is 0 Å². The normalized spacial score (nSPS) is 17.0. The molecule has 1 aliphatic heterocycles. The zero-order chi connectivity index (χ0) is 17.2. The summed E-state index contributed by atoms with van der Waals surface area (Å²) >= 11 is 0. The quantitative estimate of drug-likeness (QED) is 0.746. The molecule has 1 fully saturated rings. The fraction of sp³-hybridized carbons (Fsp3) is 0.294. The van der Waals surface area contributed by atoms with Crippen molar-refractivity contribution in [1.29, 1.82) is 0 Å². The van der Waals surface area contributed by atoms with E-state index in [1.165, 1.54) is 0 Å². The summed E-state index contributed by atoms with van der Waals surface area (Å²) in [5.74, 6) is 1.02. The van der Waals surface area contributed by atoms with Crippen LogP contribution in [0, 0.1) is 0 Å². The van der Waals surface area contributed by atoms with Crippen molar-refractivity contribution in [3.63, 3.8) is 0 Å². The van der Waals surface area contributed by atoms with Crippen molar-refractivity contribution in [1.82, 2.24) is 25.5 Å². The first kappa shape index (κ1) is 15.4. The number of rotatable bonds is 4. The Morgan fingerprint density at radius 1 is 1.32 bits per heavy atom. The largest absolute Gasteiger partial charge is 0.478 e. The highest BCUT2D eigenvalue weighted by molar-refractivity contribution is 6.04. The molecule has 3 aromatic rings. The van der Waals surface area contributed by atoms with Gasteiger partial charge in [-0.05, 0) is 12.5 Å². The Balaban J connectivity index is 1.47. The standard InChI is InChI=1S/C17H18N6O2/c1-25-17-15(18-7-8-19-17)23-9-6-11(10-23)20-16(24)14-12-4-2-3-5-13(12)21-22-14/h2-5,7-8,11H,6,9-10H2,1H3,(H,20,24)(H,21,22). The van der Waals surface area contributed by atoms with Gasteiger partial charge < -0.3 is 15.0 Å². The molecule has 1 aromatic carbocycles. The number of amides is 1. The maximum absolute atomic E-state index is 12.6. The fourth-order valence-electron chi connectivity index (χ4n) is 3.14. The third-order valence-electron chi connectivity index (χ3n) is 4.35. The Bertz CT molecular complexity index is 909. The van der Waals surface area contributed by atoms with Gasteiger partial charge >= 0.3 is 0 Å². The Morgan fingerprint density at radius 2 is 2.16 bits per heavy atom. The first-order chi connectivity index (χ1) is 12.3. The van der Waals surface area contributed by atoms with Gasteiger partial charge in [0.05, 0.1) is 12.6 Å². The lowest BCUT2D eigenvalue weighted by Gasteiger charge is -2.19. The van der Waals surface area contributed by atoms with Gasteiger partial charge in [0.25, 0.3) is 11.8 Å². The minimum atomic E-state index is -0.171. The van der Waals surface area contributed by atoms with Crippen LogP contribution in [0.3, 0.4) is 0 Å². The molecule has 2 N–H and O–H groups in total. The Morgan fingerprint density at radius 3 is 3.04 bits per heavy atom. The first-order valence-electron chi connectivity index (χ1n) is 8.10. The summed E-state index contributed by atoms with van der Waals surface area (Å²) in [4.78, 5) is 23.2. The predicted molar refractivity (Wildman–Crippen MR) is 92.8 cm³/mol. The van der Waals surface area contributed by atoms with Gasteiger partial charge in [0.15, 0.2) is 11.5 Å². The summed E-state index contributed by atoms with van der Waals surface area (Å²) in [6.07, 6.45) is 4.06. The van der Waals surface area contributed by atoms with Crippen molar-refractivity contribution < 1.29 is 9.53 Å². The van der Waals surface area contributed by atoms with Crippen LogP contribution >= 0.6 is 0 Å². The molecule has 8 heteroatoms. The number of aromatic amines is 1. The average Bonchev–Trinajstić information content (AvgIpc) is 3.28. The lowest BCUT2D eigenvalue weighted by Crippen LogP contribution is -2.37. The number of hydrogen-bond donors (Lipinski definition) is 2. The summed E-state index contributed by atoms with van der Waals surface area (Å²) in [6, 6.07) is 7.61. The predicted octanol–water partition coefficient (Wildman–Crippen LogP) is 1.37. The number of nitrogens with zero attached hydrogens (tertiary/aromatic N) is 4. The van der Waals surface area contributed by atoms with Crippen LogP contribution in [0.15, 0.2) is 36.7 Å². The molecule has 0 bridgehead atoms. The number of benzene rings is 1. The molecule has 0 spiro atoms. The molecular formula is C17H18N6O2. The van der Waals surface area contributed by atoms with Crippen LogP contribution in [0.25, 0.3) is 10.9 Å². The van der Waals surface area contributed by atoms with E-state index < -0.39 is 0 Å². The van der Waals surface area contributed by atoms with E-state index in [-0.39, 0.29) is 11.9 Å². The van der Waals surface area contributed by atoms with Crippen molar-refractivity contribution in [3.05, 3.63) is 42.4 Å². The lowest BCUT2D eigenvalue weighted by molar-refractivity contribution is 0.0937. The third-order valence-corrected chi connectivity index (χ3v) is 4.35. The number of carbonyl (C=O) groups is 1. The van der Waals surface area contributed by atoms with Crippen LogP contribution in [-0.4, -0.2) is 52.3 Å². The number of fused-ring (bicyclic) bond motifs is 1. The van der Waals surface area contributed by atoms with E-state index in [1.54, 1.807) is 19.5 Å². The Kier molecular flexibility index (Phi) is 3.93. The second-order valence-corrected chi connectivity index (χ2v) is 5.91. The molecule has 1 aliphatic rings. The van der Waals surface area contributed by atoms with E-state index in [0.717, 1.165) is 23.9 Å². The smallest absolute Gasteiger partial charge is 0.272 e. The number of carbonyl (C=O) groups excluding carboxylic acids is 1. The zero-order valence-corrected chi connectivity index (χ0v) is 13.8. The van der Waals surface area contributed by atoms with E-state index in [9.17, 15) is 4.79 Å². The second kappa shape index (κ2) is 6.39. The van der Waals surface area contributed by atoms with Crippen molar-refractivity contribution in [3.8, 4) is 5.88 Å². The molecule has 25 heavy (non-hydrogen) atoms. The molecule has 1 saturated heterocycles. The number of hydrogen-bond acceptors (Lipinski definition) is 6. The van der Waals surface area contributed by atoms with Crippen molar-refractivity contribution in [2.45, 2.75) is 12.5 Å². The van der Waals surface area contributed by atoms with Gasteiger partial charge in [-0.2, -0.15) is 5.10 Å². The van der Waals surface area contributed by atoms with Gasteiger partial charge in [-0.15, -0.1) is 0 Å². The summed E-state index contributed by atoms with van der Waals surface area (Å²) in [5, 5.41) is 10.9. The third kappa shape index (κ3) is 2.86. The molecule has 1 amide bonds. The van der Waals surface area contributed by atoms with Crippen LogP contribution in [0.4, 0.5) is 5.82 Å². The highest BCUT2D eigenvalue weighted by Crippen LogP contribution is 2.26. The minimum Gasteiger partial charge on any atom is -0.478 e. The number of ether oxygens (including phenoxy) is 1. The summed E-state index contributed by atoms with van der Waals surface area (Å²) in [5.41, 5.74) is 1.27.